The summed E-state index contributed by atoms with van der Waals surface area (Å²) in [6.45, 7) is 3.67. The van der Waals surface area contributed by atoms with Crippen LogP contribution in [0.2, 0.25) is 0 Å². The summed E-state index contributed by atoms with van der Waals surface area (Å²) in [6.07, 6.45) is -0.524. The molecule has 34 heavy (non-hydrogen) atoms. The fourth-order valence-corrected chi connectivity index (χ4v) is 4.99. The summed E-state index contributed by atoms with van der Waals surface area (Å²) in [5.74, 6) is -1.35. The minimum Gasteiger partial charge on any atom is -0.477 e. The third-order valence-electron chi connectivity index (χ3n) is 5.67. The highest BCUT2D eigenvalue weighted by molar-refractivity contribution is 7.13. The van der Waals surface area contributed by atoms with Gasteiger partial charge in [-0.25, -0.2) is 14.6 Å². The molecule has 1 aliphatic carbocycles. The molecule has 1 atom stereocenters. The van der Waals surface area contributed by atoms with E-state index in [1.165, 1.54) is 0 Å². The lowest BCUT2D eigenvalue weighted by molar-refractivity contribution is -0.121. The Morgan fingerprint density at radius 1 is 1.09 bits per heavy atom. The van der Waals surface area contributed by atoms with Crippen molar-refractivity contribution in [2.75, 3.05) is 6.61 Å². The van der Waals surface area contributed by atoms with Gasteiger partial charge < -0.3 is 20.5 Å². The summed E-state index contributed by atoms with van der Waals surface area (Å²) >= 11 is 1.03. The monoisotopic (exact) mass is 479 g/mol. The van der Waals surface area contributed by atoms with Crippen LogP contribution >= 0.6 is 11.3 Å². The van der Waals surface area contributed by atoms with Crippen molar-refractivity contribution < 1.29 is 24.2 Å². The summed E-state index contributed by atoms with van der Waals surface area (Å²) in [5, 5.41) is 15.0. The van der Waals surface area contributed by atoms with Crippen LogP contribution in [0.15, 0.2) is 48.5 Å². The van der Waals surface area contributed by atoms with Crippen LogP contribution in [0.5, 0.6) is 0 Å². The average molecular weight is 480 g/mol. The number of nitrogens with zero attached hydrogens (tertiary/aromatic N) is 1. The van der Waals surface area contributed by atoms with Crippen LogP contribution in [0.4, 0.5) is 4.79 Å². The topological polar surface area (TPSA) is 118 Å². The molecule has 0 spiro atoms. The Labute approximate surface area is 201 Å². The number of alkyl carbamates (subject to hydrolysis) is 1. The molecule has 0 aliphatic heterocycles. The van der Waals surface area contributed by atoms with Crippen LogP contribution in [-0.4, -0.2) is 40.7 Å². The molecule has 3 N–H and O–H groups in total. The zero-order valence-electron chi connectivity index (χ0n) is 18.8. The third-order valence-corrected chi connectivity index (χ3v) is 6.82. The van der Waals surface area contributed by atoms with Crippen LogP contribution < -0.4 is 10.6 Å². The highest BCUT2D eigenvalue weighted by Crippen LogP contribution is 2.44. The number of fused-ring (bicyclic) bond motifs is 3. The number of aromatic carboxylic acids is 1. The SMILES string of the molecule is Cc1nc(CNC(=O)CC(C)NC(=O)OCC2c3ccccc3-c3ccccc32)sc1C(=O)O. The number of thiazole rings is 1. The number of hydrogen-bond donors (Lipinski definition) is 3. The van der Waals surface area contributed by atoms with Crippen molar-refractivity contribution in [3.63, 3.8) is 0 Å². The fraction of sp³-hybridized carbons (Fsp3) is 0.280. The molecule has 1 unspecified atom stereocenters. The summed E-state index contributed by atoms with van der Waals surface area (Å²) < 4.78 is 5.51. The Bertz CT molecular complexity index is 1190. The number of benzene rings is 2. The first-order valence-electron chi connectivity index (χ1n) is 10.9. The minimum absolute atomic E-state index is 0.0331. The molecule has 1 aromatic heterocycles. The van der Waals surface area contributed by atoms with E-state index in [1.54, 1.807) is 13.8 Å². The second-order valence-corrected chi connectivity index (χ2v) is 9.26. The normalized spacial score (nSPS) is 13.0. The maximum atomic E-state index is 12.4. The van der Waals surface area contributed by atoms with Gasteiger partial charge in [-0.2, -0.15) is 0 Å². The van der Waals surface area contributed by atoms with Crippen molar-refractivity contribution in [1.29, 1.82) is 0 Å². The van der Waals surface area contributed by atoms with Gasteiger partial charge >= 0.3 is 12.1 Å². The molecule has 3 aromatic rings. The first kappa shape index (κ1) is 23.4. The van der Waals surface area contributed by atoms with Crippen LogP contribution in [0.3, 0.4) is 0 Å². The Morgan fingerprint density at radius 3 is 2.29 bits per heavy atom. The van der Waals surface area contributed by atoms with Crippen molar-refractivity contribution in [2.45, 2.75) is 38.8 Å². The number of carboxylic acids is 1. The van der Waals surface area contributed by atoms with Crippen LogP contribution in [-0.2, 0) is 16.1 Å². The van der Waals surface area contributed by atoms with Gasteiger partial charge in [-0.1, -0.05) is 48.5 Å². The maximum absolute atomic E-state index is 12.4. The first-order chi connectivity index (χ1) is 16.3. The number of carbonyl (C=O) groups is 3. The van der Waals surface area contributed by atoms with Gasteiger partial charge in [0.1, 0.15) is 16.5 Å². The predicted molar refractivity (Wildman–Crippen MR) is 128 cm³/mol. The molecule has 2 amide bonds. The second-order valence-electron chi connectivity index (χ2n) is 8.18. The van der Waals surface area contributed by atoms with E-state index in [1.807, 2.05) is 24.3 Å². The standard InChI is InChI=1S/C25H25N3O5S/c1-14(11-21(29)26-12-22-28-15(2)23(34-22)24(30)31)27-25(32)33-13-20-18-9-5-3-7-16(18)17-8-4-6-10-19(17)20/h3-10,14,20H,11-13H2,1-2H3,(H,26,29)(H,27,32)(H,30,31). The minimum atomic E-state index is -1.03. The van der Waals surface area contributed by atoms with Gasteiger partial charge in [0, 0.05) is 18.4 Å². The average Bonchev–Trinajstić information content (AvgIpc) is 3.34. The molecule has 4 rings (SSSR count). The van der Waals surface area contributed by atoms with Crippen LogP contribution in [0.1, 0.15) is 50.8 Å². The summed E-state index contributed by atoms with van der Waals surface area (Å²) in [6, 6.07) is 15.8. The number of ether oxygens (including phenoxy) is 1. The predicted octanol–water partition coefficient (Wildman–Crippen LogP) is 4.08. The zero-order valence-corrected chi connectivity index (χ0v) is 19.6. The van der Waals surface area contributed by atoms with E-state index in [0.29, 0.717) is 10.7 Å². The lowest BCUT2D eigenvalue weighted by Gasteiger charge is -2.17. The van der Waals surface area contributed by atoms with Gasteiger partial charge in [0.2, 0.25) is 5.91 Å². The third kappa shape index (κ3) is 5.09. The summed E-state index contributed by atoms with van der Waals surface area (Å²) in [7, 11) is 0. The number of aromatic nitrogens is 1. The number of hydrogen-bond acceptors (Lipinski definition) is 6. The van der Waals surface area contributed by atoms with Crippen molar-refractivity contribution in [1.82, 2.24) is 15.6 Å². The Morgan fingerprint density at radius 2 is 1.71 bits per heavy atom. The molecule has 0 bridgehead atoms. The van der Waals surface area contributed by atoms with Crippen molar-refractivity contribution in [3.05, 3.63) is 75.2 Å². The summed E-state index contributed by atoms with van der Waals surface area (Å²) in [5.41, 5.74) is 5.00. The molecule has 2 aromatic carbocycles. The van der Waals surface area contributed by atoms with Crippen molar-refractivity contribution in [2.24, 2.45) is 0 Å². The zero-order chi connectivity index (χ0) is 24.2. The molecule has 0 saturated heterocycles. The van der Waals surface area contributed by atoms with Crippen LogP contribution in [0.25, 0.3) is 11.1 Å². The van der Waals surface area contributed by atoms with Crippen molar-refractivity contribution in [3.8, 4) is 11.1 Å². The molecule has 0 radical (unpaired) electrons. The van der Waals surface area contributed by atoms with Crippen LogP contribution in [0, 0.1) is 6.92 Å². The molecule has 1 heterocycles. The first-order valence-corrected chi connectivity index (χ1v) is 11.7. The number of rotatable bonds is 8. The molecular formula is C25H25N3O5S. The van der Waals surface area contributed by atoms with E-state index in [2.05, 4.69) is 39.9 Å². The lowest BCUT2D eigenvalue weighted by atomic mass is 9.98. The van der Waals surface area contributed by atoms with Gasteiger partial charge in [-0.05, 0) is 36.1 Å². The maximum Gasteiger partial charge on any atom is 0.407 e. The molecule has 0 fully saturated rings. The smallest absolute Gasteiger partial charge is 0.407 e. The van der Waals surface area contributed by atoms with E-state index in [9.17, 15) is 14.4 Å². The van der Waals surface area contributed by atoms with E-state index in [0.717, 1.165) is 33.6 Å². The van der Waals surface area contributed by atoms with Crippen molar-refractivity contribution >= 4 is 29.3 Å². The Balaban J connectivity index is 1.25. The number of carboxylic acid groups (broad SMARTS) is 1. The molecule has 1 aliphatic rings. The van der Waals surface area contributed by atoms with Gasteiger partial charge in [0.25, 0.3) is 0 Å². The van der Waals surface area contributed by atoms with E-state index >= 15 is 0 Å². The largest absolute Gasteiger partial charge is 0.477 e. The second kappa shape index (κ2) is 10.0. The molecule has 9 heteroatoms. The Hall–Kier alpha value is -3.72. The molecule has 8 nitrogen and oxygen atoms in total. The lowest BCUT2D eigenvalue weighted by Crippen LogP contribution is -2.37. The molecule has 176 valence electrons. The summed E-state index contributed by atoms with van der Waals surface area (Å²) in [4.78, 5) is 40.0. The van der Waals surface area contributed by atoms with E-state index in [4.69, 9.17) is 9.84 Å². The highest BCUT2D eigenvalue weighted by atomic mass is 32.1. The number of aryl methyl sites for hydroxylation is 1. The molecule has 0 saturated carbocycles. The van der Waals surface area contributed by atoms with Gasteiger partial charge in [0.05, 0.1) is 12.2 Å². The number of nitrogens with one attached hydrogen (secondary N) is 2. The fourth-order valence-electron chi connectivity index (χ4n) is 4.14. The van der Waals surface area contributed by atoms with E-state index < -0.39 is 18.1 Å². The van der Waals surface area contributed by atoms with E-state index in [-0.39, 0.29) is 36.3 Å². The number of amides is 2. The quantitative estimate of drug-likeness (QED) is 0.448. The number of carbonyl (C=O) groups excluding carboxylic acids is 2. The highest BCUT2D eigenvalue weighted by Gasteiger charge is 2.29. The van der Waals surface area contributed by atoms with Gasteiger partial charge in [0.15, 0.2) is 0 Å². The molecular weight excluding hydrogens is 454 g/mol. The van der Waals surface area contributed by atoms with Gasteiger partial charge in [-0.15, -0.1) is 11.3 Å². The van der Waals surface area contributed by atoms with Gasteiger partial charge in [-0.3, -0.25) is 4.79 Å². The Kier molecular flexibility index (Phi) is 6.93.